The monoisotopic (exact) mass is 481 g/mol. The number of sulfonamides is 1. The quantitative estimate of drug-likeness (QED) is 0.563. The van der Waals surface area contributed by atoms with Gasteiger partial charge in [-0.2, -0.15) is 4.31 Å². The molecule has 2 aromatic heterocycles. The van der Waals surface area contributed by atoms with E-state index in [0.717, 1.165) is 16.1 Å². The van der Waals surface area contributed by atoms with Crippen molar-refractivity contribution in [3.63, 3.8) is 0 Å². The summed E-state index contributed by atoms with van der Waals surface area (Å²) in [5.41, 5.74) is 1.76. The number of anilines is 1. The lowest BCUT2D eigenvalue weighted by atomic mass is 9.99. The molecule has 158 valence electrons. The van der Waals surface area contributed by atoms with Gasteiger partial charge in [0.15, 0.2) is 5.13 Å². The summed E-state index contributed by atoms with van der Waals surface area (Å²) in [6, 6.07) is 10.5. The van der Waals surface area contributed by atoms with Crippen LogP contribution in [0.3, 0.4) is 0 Å². The number of benzene rings is 1. The lowest BCUT2D eigenvalue weighted by Crippen LogP contribution is -2.43. The van der Waals surface area contributed by atoms with Crippen molar-refractivity contribution < 1.29 is 13.2 Å². The molecule has 0 bridgehead atoms. The summed E-state index contributed by atoms with van der Waals surface area (Å²) in [5.74, 6) is -0.619. The number of piperidine rings is 1. The number of nitrogens with one attached hydrogen (secondary N) is 1. The Morgan fingerprint density at radius 3 is 2.70 bits per heavy atom. The first kappa shape index (κ1) is 21.5. The number of hydrogen-bond donors (Lipinski definition) is 1. The fourth-order valence-electron chi connectivity index (χ4n) is 3.34. The Kier molecular flexibility index (Phi) is 6.26. The van der Waals surface area contributed by atoms with Crippen LogP contribution < -0.4 is 5.32 Å². The molecule has 4 rings (SSSR count). The third-order valence-electron chi connectivity index (χ3n) is 4.97. The van der Waals surface area contributed by atoms with Crippen LogP contribution in [-0.2, 0) is 14.8 Å². The maximum atomic E-state index is 13.0. The molecule has 0 saturated carbocycles. The summed E-state index contributed by atoms with van der Waals surface area (Å²) < 4.78 is 28.0. The van der Waals surface area contributed by atoms with Gasteiger partial charge in [0, 0.05) is 18.5 Å². The number of amides is 1. The van der Waals surface area contributed by atoms with Crippen molar-refractivity contribution in [2.45, 2.75) is 24.7 Å². The summed E-state index contributed by atoms with van der Waals surface area (Å²) in [5, 5.41) is 5.21. The summed E-state index contributed by atoms with van der Waals surface area (Å²) in [6.45, 7) is 2.50. The molecule has 0 spiro atoms. The van der Waals surface area contributed by atoms with Crippen LogP contribution in [0, 0.1) is 12.8 Å². The highest BCUT2D eigenvalue weighted by Gasteiger charge is 2.33. The summed E-state index contributed by atoms with van der Waals surface area (Å²) >= 11 is 8.74. The molecule has 1 aromatic carbocycles. The van der Waals surface area contributed by atoms with E-state index in [1.807, 2.05) is 24.4 Å². The predicted octanol–water partition coefficient (Wildman–Crippen LogP) is 4.87. The zero-order valence-electron chi connectivity index (χ0n) is 16.2. The summed E-state index contributed by atoms with van der Waals surface area (Å²) in [7, 11) is -3.62. The van der Waals surface area contributed by atoms with Crippen molar-refractivity contribution in [1.29, 1.82) is 0 Å². The van der Waals surface area contributed by atoms with E-state index in [4.69, 9.17) is 11.6 Å². The molecule has 3 heterocycles. The van der Waals surface area contributed by atoms with Crippen LogP contribution in [0.15, 0.2) is 46.7 Å². The van der Waals surface area contributed by atoms with E-state index in [0.29, 0.717) is 28.9 Å². The average molecular weight is 482 g/mol. The van der Waals surface area contributed by atoms with E-state index in [-0.39, 0.29) is 17.3 Å². The molecular formula is C20H20ClN3O3S3. The average Bonchev–Trinajstić information content (AvgIpc) is 3.37. The second-order valence-corrected chi connectivity index (χ2v) is 11.7. The smallest absolute Gasteiger partial charge is 0.243 e. The Bertz CT molecular complexity index is 1160. The van der Waals surface area contributed by atoms with E-state index < -0.39 is 15.9 Å². The van der Waals surface area contributed by atoms with Crippen molar-refractivity contribution in [1.82, 2.24) is 9.29 Å². The number of aromatic nitrogens is 1. The number of halogens is 1. The van der Waals surface area contributed by atoms with Gasteiger partial charge in [0.1, 0.15) is 0 Å². The minimum Gasteiger partial charge on any atom is -0.302 e. The van der Waals surface area contributed by atoms with Crippen LogP contribution in [0.1, 0.15) is 18.4 Å². The molecule has 1 fully saturated rings. The first-order valence-electron chi connectivity index (χ1n) is 9.42. The second-order valence-electron chi connectivity index (χ2n) is 7.15. The van der Waals surface area contributed by atoms with Gasteiger partial charge >= 0.3 is 0 Å². The molecule has 1 amide bonds. The number of carbonyl (C=O) groups is 1. The van der Waals surface area contributed by atoms with Crippen molar-refractivity contribution in [2.75, 3.05) is 18.4 Å². The first-order valence-corrected chi connectivity index (χ1v) is 12.9. The SMILES string of the molecule is Cc1ccc(S(=O)(=O)N2CCCC(C(=O)Nc3nc(-c4ccc(Cl)s4)cs3)C2)cc1. The fourth-order valence-corrected chi connectivity index (χ4v) is 6.65. The molecule has 1 aliphatic rings. The fraction of sp³-hybridized carbons (Fsp3) is 0.300. The van der Waals surface area contributed by atoms with Crippen LogP contribution in [0.4, 0.5) is 5.13 Å². The van der Waals surface area contributed by atoms with Gasteiger partial charge in [-0.1, -0.05) is 29.3 Å². The van der Waals surface area contributed by atoms with Crippen LogP contribution in [0.5, 0.6) is 0 Å². The number of nitrogens with zero attached hydrogens (tertiary/aromatic N) is 2. The largest absolute Gasteiger partial charge is 0.302 e. The minimum absolute atomic E-state index is 0.167. The van der Waals surface area contributed by atoms with Crippen molar-refractivity contribution >= 4 is 55.3 Å². The molecule has 1 N–H and O–H groups in total. The van der Waals surface area contributed by atoms with Crippen LogP contribution in [-0.4, -0.2) is 36.7 Å². The number of thiophene rings is 1. The van der Waals surface area contributed by atoms with Gasteiger partial charge in [-0.25, -0.2) is 13.4 Å². The molecule has 0 radical (unpaired) electrons. The van der Waals surface area contributed by atoms with Crippen molar-refractivity contribution in [3.8, 4) is 10.6 Å². The highest BCUT2D eigenvalue weighted by Crippen LogP contribution is 2.33. The van der Waals surface area contributed by atoms with Gasteiger partial charge in [0.05, 0.1) is 25.7 Å². The van der Waals surface area contributed by atoms with E-state index in [9.17, 15) is 13.2 Å². The van der Waals surface area contributed by atoms with E-state index in [2.05, 4.69) is 10.3 Å². The second kappa shape index (κ2) is 8.76. The molecular weight excluding hydrogens is 462 g/mol. The Labute approximate surface area is 188 Å². The maximum Gasteiger partial charge on any atom is 0.243 e. The number of carbonyl (C=O) groups excluding carboxylic acids is 1. The third-order valence-corrected chi connectivity index (χ3v) is 8.86. The Balaban J connectivity index is 1.44. The van der Waals surface area contributed by atoms with Gasteiger partial charge in [0.2, 0.25) is 15.9 Å². The van der Waals surface area contributed by atoms with Gasteiger partial charge in [-0.3, -0.25) is 4.79 Å². The maximum absolute atomic E-state index is 13.0. The zero-order valence-corrected chi connectivity index (χ0v) is 19.4. The van der Waals surface area contributed by atoms with Crippen molar-refractivity contribution in [2.24, 2.45) is 5.92 Å². The van der Waals surface area contributed by atoms with E-state index in [1.165, 1.54) is 27.0 Å². The molecule has 6 nitrogen and oxygen atoms in total. The van der Waals surface area contributed by atoms with Crippen molar-refractivity contribution in [3.05, 3.63) is 51.7 Å². The highest BCUT2D eigenvalue weighted by atomic mass is 35.5. The molecule has 1 aliphatic heterocycles. The van der Waals surface area contributed by atoms with Gasteiger partial charge in [0.25, 0.3) is 0 Å². The molecule has 10 heteroatoms. The molecule has 3 aromatic rings. The first-order chi connectivity index (χ1) is 14.3. The zero-order chi connectivity index (χ0) is 21.3. The minimum atomic E-state index is -3.62. The third kappa shape index (κ3) is 4.60. The van der Waals surface area contributed by atoms with Crippen LogP contribution >= 0.6 is 34.3 Å². The lowest BCUT2D eigenvalue weighted by Gasteiger charge is -2.31. The molecule has 0 aliphatic carbocycles. The van der Waals surface area contributed by atoms with E-state index >= 15 is 0 Å². The predicted molar refractivity (Wildman–Crippen MR) is 122 cm³/mol. The lowest BCUT2D eigenvalue weighted by molar-refractivity contribution is -0.120. The molecule has 1 saturated heterocycles. The van der Waals surface area contributed by atoms with Gasteiger partial charge in [-0.15, -0.1) is 22.7 Å². The number of aryl methyl sites for hydroxylation is 1. The molecule has 1 unspecified atom stereocenters. The van der Waals surface area contributed by atoms with Crippen LogP contribution in [0.2, 0.25) is 4.34 Å². The standard InChI is InChI=1S/C20H20ClN3O3S3/c1-13-4-6-15(7-5-13)30(26,27)24-10-2-3-14(11-24)19(25)23-20-22-16(12-28-20)17-8-9-18(21)29-17/h4-9,12,14H,2-3,10-11H2,1H3,(H,22,23,25). The summed E-state index contributed by atoms with van der Waals surface area (Å²) in [6.07, 6.45) is 1.28. The normalized spacial score (nSPS) is 17.7. The Hall–Kier alpha value is -1.78. The van der Waals surface area contributed by atoms with Crippen LogP contribution in [0.25, 0.3) is 10.6 Å². The Morgan fingerprint density at radius 1 is 1.23 bits per heavy atom. The van der Waals surface area contributed by atoms with Gasteiger partial charge < -0.3 is 5.32 Å². The van der Waals surface area contributed by atoms with E-state index in [1.54, 1.807) is 24.3 Å². The summed E-state index contributed by atoms with van der Waals surface area (Å²) in [4.78, 5) is 18.4. The Morgan fingerprint density at radius 2 is 2.00 bits per heavy atom. The molecule has 1 atom stereocenters. The molecule has 30 heavy (non-hydrogen) atoms. The number of hydrogen-bond acceptors (Lipinski definition) is 6. The highest BCUT2D eigenvalue weighted by molar-refractivity contribution is 7.89. The topological polar surface area (TPSA) is 79.4 Å². The number of rotatable bonds is 5. The number of thiazole rings is 1. The van der Waals surface area contributed by atoms with Gasteiger partial charge in [-0.05, 0) is 44.0 Å².